The van der Waals surface area contributed by atoms with Crippen LogP contribution in [0.2, 0.25) is 10.2 Å². The van der Waals surface area contributed by atoms with Crippen LogP contribution < -0.4 is 10.2 Å². The van der Waals surface area contributed by atoms with E-state index in [-0.39, 0.29) is 12.3 Å². The van der Waals surface area contributed by atoms with Crippen LogP contribution in [0, 0.1) is 0 Å². The Bertz CT molecular complexity index is 642. The molecule has 110 valence electrons. The summed E-state index contributed by atoms with van der Waals surface area (Å²) in [6.07, 6.45) is 1.82. The summed E-state index contributed by atoms with van der Waals surface area (Å²) in [6.45, 7) is 0. The number of carbonyl (C=O) groups excluding carboxylic acids is 1. The minimum Gasteiger partial charge on any atom is -0.376 e. The number of benzene rings is 1. The highest BCUT2D eigenvalue weighted by molar-refractivity contribution is 6.31. The van der Waals surface area contributed by atoms with Crippen molar-refractivity contribution in [1.29, 1.82) is 0 Å². The summed E-state index contributed by atoms with van der Waals surface area (Å²) < 4.78 is 0. The highest BCUT2D eigenvalue weighted by Gasteiger charge is 2.10. The average Bonchev–Trinajstić information content (AvgIpc) is 2.41. The zero-order valence-electron chi connectivity index (χ0n) is 11.7. The van der Waals surface area contributed by atoms with E-state index in [2.05, 4.69) is 10.3 Å². The van der Waals surface area contributed by atoms with Crippen LogP contribution in [0.3, 0.4) is 0 Å². The van der Waals surface area contributed by atoms with Gasteiger partial charge >= 0.3 is 0 Å². The van der Waals surface area contributed by atoms with Crippen LogP contribution in [-0.4, -0.2) is 25.0 Å². The molecule has 0 unspecified atom stereocenters. The minimum absolute atomic E-state index is 0.135. The summed E-state index contributed by atoms with van der Waals surface area (Å²) in [4.78, 5) is 18.0. The molecule has 0 aliphatic heterocycles. The molecule has 0 saturated heterocycles. The Morgan fingerprint density at radius 1 is 1.24 bits per heavy atom. The average molecular weight is 324 g/mol. The molecule has 4 nitrogen and oxygen atoms in total. The second-order valence-electron chi connectivity index (χ2n) is 4.77. The third kappa shape index (κ3) is 4.34. The van der Waals surface area contributed by atoms with E-state index in [1.54, 1.807) is 30.5 Å². The Morgan fingerprint density at radius 3 is 2.62 bits per heavy atom. The molecule has 0 aliphatic rings. The molecular weight excluding hydrogens is 309 g/mol. The van der Waals surface area contributed by atoms with E-state index < -0.39 is 0 Å². The maximum Gasteiger partial charge on any atom is 0.228 e. The topological polar surface area (TPSA) is 45.2 Å². The van der Waals surface area contributed by atoms with Crippen molar-refractivity contribution in [2.45, 2.75) is 6.42 Å². The third-order valence-corrected chi connectivity index (χ3v) is 3.33. The molecular formula is C15H15Cl2N3O. The Balaban J connectivity index is 2.12. The lowest BCUT2D eigenvalue weighted by molar-refractivity contribution is -0.115. The quantitative estimate of drug-likeness (QED) is 0.874. The lowest BCUT2D eigenvalue weighted by atomic mass is 10.2. The number of hydrogen-bond donors (Lipinski definition) is 1. The van der Waals surface area contributed by atoms with Crippen molar-refractivity contribution >= 4 is 40.5 Å². The number of rotatable bonds is 4. The van der Waals surface area contributed by atoms with Gasteiger partial charge in [-0.3, -0.25) is 4.79 Å². The molecule has 1 amide bonds. The van der Waals surface area contributed by atoms with Crippen LogP contribution in [0.25, 0.3) is 0 Å². The Morgan fingerprint density at radius 2 is 2.00 bits per heavy atom. The van der Waals surface area contributed by atoms with Gasteiger partial charge in [0.15, 0.2) is 0 Å². The van der Waals surface area contributed by atoms with E-state index in [1.807, 2.05) is 25.1 Å². The van der Waals surface area contributed by atoms with Crippen LogP contribution in [0.5, 0.6) is 0 Å². The second kappa shape index (κ2) is 6.78. The molecule has 0 fully saturated rings. The van der Waals surface area contributed by atoms with E-state index in [0.29, 0.717) is 15.9 Å². The first-order valence-corrected chi connectivity index (χ1v) is 7.08. The molecule has 1 heterocycles. The molecule has 21 heavy (non-hydrogen) atoms. The predicted octanol–water partition coefficient (Wildman–Crippen LogP) is 3.64. The molecule has 2 aromatic rings. The molecule has 6 heteroatoms. The number of halogens is 2. The fourth-order valence-corrected chi connectivity index (χ4v) is 2.17. The summed E-state index contributed by atoms with van der Waals surface area (Å²) in [5.41, 5.74) is 2.37. The van der Waals surface area contributed by atoms with E-state index in [1.165, 1.54) is 0 Å². The van der Waals surface area contributed by atoms with Crippen molar-refractivity contribution in [3.05, 3.63) is 52.3 Å². The summed E-state index contributed by atoms with van der Waals surface area (Å²) >= 11 is 11.7. The van der Waals surface area contributed by atoms with Gasteiger partial charge in [-0.1, -0.05) is 29.3 Å². The second-order valence-corrected chi connectivity index (χ2v) is 5.59. The van der Waals surface area contributed by atoms with Crippen molar-refractivity contribution in [3.8, 4) is 0 Å². The molecule has 2 rings (SSSR count). The number of pyridine rings is 1. The molecule has 1 aromatic heterocycles. The molecule has 0 bridgehead atoms. The predicted molar refractivity (Wildman–Crippen MR) is 87.4 cm³/mol. The molecule has 1 N–H and O–H groups in total. The van der Waals surface area contributed by atoms with Gasteiger partial charge in [0.25, 0.3) is 0 Å². The van der Waals surface area contributed by atoms with E-state index in [4.69, 9.17) is 23.2 Å². The fraction of sp³-hybridized carbons (Fsp3) is 0.200. The van der Waals surface area contributed by atoms with Gasteiger partial charge in [0.1, 0.15) is 5.15 Å². The number of nitrogens with zero attached hydrogens (tertiary/aromatic N) is 2. The summed E-state index contributed by atoms with van der Waals surface area (Å²) in [5.74, 6) is -0.135. The van der Waals surface area contributed by atoms with Gasteiger partial charge in [-0.15, -0.1) is 0 Å². The number of hydrogen-bond acceptors (Lipinski definition) is 3. The van der Waals surface area contributed by atoms with Crippen molar-refractivity contribution in [2.75, 3.05) is 24.3 Å². The van der Waals surface area contributed by atoms with Gasteiger partial charge in [-0.25, -0.2) is 4.98 Å². The van der Waals surface area contributed by atoms with Gasteiger partial charge in [-0.2, -0.15) is 0 Å². The van der Waals surface area contributed by atoms with Crippen LogP contribution >= 0.6 is 23.2 Å². The maximum absolute atomic E-state index is 12.1. The normalized spacial score (nSPS) is 10.3. The van der Waals surface area contributed by atoms with Gasteiger partial charge in [0.2, 0.25) is 5.91 Å². The molecule has 0 radical (unpaired) electrons. The lowest BCUT2D eigenvalue weighted by Crippen LogP contribution is -2.18. The van der Waals surface area contributed by atoms with Crippen LogP contribution in [0.15, 0.2) is 36.5 Å². The van der Waals surface area contributed by atoms with Crippen LogP contribution in [0.4, 0.5) is 11.4 Å². The van der Waals surface area contributed by atoms with Gasteiger partial charge < -0.3 is 10.2 Å². The van der Waals surface area contributed by atoms with E-state index in [0.717, 1.165) is 11.3 Å². The smallest absolute Gasteiger partial charge is 0.228 e. The van der Waals surface area contributed by atoms with Crippen molar-refractivity contribution < 1.29 is 4.79 Å². The maximum atomic E-state index is 12.1. The minimum atomic E-state index is -0.135. The number of anilines is 2. The monoisotopic (exact) mass is 323 g/mol. The van der Waals surface area contributed by atoms with E-state index in [9.17, 15) is 4.79 Å². The highest BCUT2D eigenvalue weighted by Crippen LogP contribution is 2.27. The third-order valence-electron chi connectivity index (χ3n) is 2.87. The standard InChI is InChI=1S/C15H15Cl2N3O/c1-20(2)13-5-4-11(16)8-12(13)19-15(21)7-10-3-6-14(17)18-9-10/h3-6,8-9H,7H2,1-2H3,(H,19,21). The number of amides is 1. The highest BCUT2D eigenvalue weighted by atomic mass is 35.5. The molecule has 0 spiro atoms. The molecule has 0 atom stereocenters. The zero-order chi connectivity index (χ0) is 15.4. The Labute approximate surface area is 133 Å². The zero-order valence-corrected chi connectivity index (χ0v) is 13.2. The van der Waals surface area contributed by atoms with Gasteiger partial charge in [0, 0.05) is 25.3 Å². The summed E-state index contributed by atoms with van der Waals surface area (Å²) in [5, 5.41) is 3.85. The van der Waals surface area contributed by atoms with E-state index >= 15 is 0 Å². The van der Waals surface area contributed by atoms with Crippen molar-refractivity contribution in [1.82, 2.24) is 4.98 Å². The molecule has 0 saturated carbocycles. The van der Waals surface area contributed by atoms with Crippen molar-refractivity contribution in [3.63, 3.8) is 0 Å². The van der Waals surface area contributed by atoms with Crippen molar-refractivity contribution in [2.24, 2.45) is 0 Å². The van der Waals surface area contributed by atoms with Gasteiger partial charge in [0.05, 0.1) is 17.8 Å². The first-order chi connectivity index (χ1) is 9.95. The first-order valence-electron chi connectivity index (χ1n) is 6.33. The van der Waals surface area contributed by atoms with Crippen LogP contribution in [-0.2, 0) is 11.2 Å². The SMILES string of the molecule is CN(C)c1ccc(Cl)cc1NC(=O)Cc1ccc(Cl)nc1. The number of nitrogens with one attached hydrogen (secondary N) is 1. The summed E-state index contributed by atoms with van der Waals surface area (Å²) in [6, 6.07) is 8.82. The molecule has 0 aliphatic carbocycles. The molecule has 1 aromatic carbocycles. The van der Waals surface area contributed by atoms with Gasteiger partial charge in [-0.05, 0) is 29.8 Å². The lowest BCUT2D eigenvalue weighted by Gasteiger charge is -2.18. The Kier molecular flexibility index (Phi) is 5.04. The number of aromatic nitrogens is 1. The largest absolute Gasteiger partial charge is 0.376 e. The first kappa shape index (κ1) is 15.6. The summed E-state index contributed by atoms with van der Waals surface area (Å²) in [7, 11) is 3.81. The fourth-order valence-electron chi connectivity index (χ4n) is 1.89. The number of carbonyl (C=O) groups is 1. The van der Waals surface area contributed by atoms with Crippen LogP contribution in [0.1, 0.15) is 5.56 Å². The Hall–Kier alpha value is -1.78.